The van der Waals surface area contributed by atoms with Gasteiger partial charge in [0, 0.05) is 41.6 Å². The van der Waals surface area contributed by atoms with E-state index in [-0.39, 0.29) is 30.6 Å². The molecule has 1 heterocycles. The molecular weight excluding hydrogens is 456 g/mol. The number of rotatable bonds is 12. The third kappa shape index (κ3) is 7.87. The van der Waals surface area contributed by atoms with Crippen LogP contribution in [0.25, 0.3) is 0 Å². The molecule has 0 fully saturated rings. The summed E-state index contributed by atoms with van der Waals surface area (Å²) in [4.78, 5) is 40.8. The lowest BCUT2D eigenvalue weighted by molar-refractivity contribution is -0.142. The van der Waals surface area contributed by atoms with Gasteiger partial charge in [0.2, 0.25) is 17.7 Å². The van der Waals surface area contributed by atoms with Crippen LogP contribution < -0.4 is 10.6 Å². The van der Waals surface area contributed by atoms with Crippen molar-refractivity contribution in [2.45, 2.75) is 78.3 Å². The van der Waals surface area contributed by atoms with Crippen molar-refractivity contribution in [3.05, 3.63) is 46.7 Å². The number of amides is 3. The first-order valence-corrected chi connectivity index (χ1v) is 12.0. The van der Waals surface area contributed by atoms with Crippen LogP contribution in [-0.4, -0.2) is 39.9 Å². The van der Waals surface area contributed by atoms with Gasteiger partial charge in [-0.2, -0.15) is 0 Å². The van der Waals surface area contributed by atoms with Gasteiger partial charge in [-0.1, -0.05) is 55.2 Å². The molecular formula is C25H35ClN4O4. The number of hydrogen-bond acceptors (Lipinski definition) is 5. The number of hydrogen-bond donors (Lipinski definition) is 2. The number of anilines is 1. The van der Waals surface area contributed by atoms with Gasteiger partial charge in [-0.15, -0.1) is 0 Å². The summed E-state index contributed by atoms with van der Waals surface area (Å²) in [6.07, 6.45) is 2.16. The highest BCUT2D eigenvalue weighted by atomic mass is 35.5. The maximum Gasteiger partial charge on any atom is 0.247 e. The first-order valence-electron chi connectivity index (χ1n) is 11.7. The number of aryl methyl sites for hydroxylation is 1. The first-order chi connectivity index (χ1) is 16.1. The second kappa shape index (κ2) is 12.6. The Hall–Kier alpha value is -2.87. The van der Waals surface area contributed by atoms with Crippen molar-refractivity contribution in [3.63, 3.8) is 0 Å². The molecule has 0 radical (unpaired) electrons. The van der Waals surface area contributed by atoms with Crippen LogP contribution >= 0.6 is 11.6 Å². The molecule has 0 saturated carbocycles. The van der Waals surface area contributed by atoms with E-state index in [2.05, 4.69) is 15.8 Å². The maximum atomic E-state index is 13.5. The number of nitrogens with one attached hydrogen (secondary N) is 2. The largest absolute Gasteiger partial charge is 0.360 e. The minimum atomic E-state index is -0.903. The lowest BCUT2D eigenvalue weighted by Crippen LogP contribution is -2.50. The van der Waals surface area contributed by atoms with Crippen molar-refractivity contribution in [3.8, 4) is 0 Å². The number of unbranched alkanes of at least 4 members (excludes halogenated alkanes) is 1. The number of aromatic nitrogens is 1. The van der Waals surface area contributed by atoms with E-state index >= 15 is 0 Å². The molecule has 0 aliphatic carbocycles. The highest BCUT2D eigenvalue weighted by Crippen LogP contribution is 2.30. The Morgan fingerprint density at radius 1 is 1.18 bits per heavy atom. The normalized spacial score (nSPS) is 12.2. The molecule has 34 heavy (non-hydrogen) atoms. The Bertz CT molecular complexity index is 989. The van der Waals surface area contributed by atoms with Crippen molar-refractivity contribution in [1.82, 2.24) is 15.4 Å². The lowest BCUT2D eigenvalue weighted by atomic mass is 9.98. The van der Waals surface area contributed by atoms with E-state index in [1.807, 2.05) is 27.7 Å². The summed E-state index contributed by atoms with van der Waals surface area (Å²) in [7, 11) is 0. The zero-order valence-electron chi connectivity index (χ0n) is 20.6. The average molecular weight is 491 g/mol. The van der Waals surface area contributed by atoms with E-state index < -0.39 is 11.6 Å². The third-order valence-corrected chi connectivity index (χ3v) is 5.98. The van der Waals surface area contributed by atoms with Gasteiger partial charge in [0.25, 0.3) is 0 Å². The Balaban J connectivity index is 2.27. The summed E-state index contributed by atoms with van der Waals surface area (Å²) in [6.45, 7) is 9.96. The maximum absolute atomic E-state index is 13.5. The molecule has 8 nitrogen and oxygen atoms in total. The first kappa shape index (κ1) is 27.4. The van der Waals surface area contributed by atoms with Crippen molar-refractivity contribution < 1.29 is 18.9 Å². The van der Waals surface area contributed by atoms with Crippen LogP contribution in [0, 0.1) is 6.92 Å². The fourth-order valence-electron chi connectivity index (χ4n) is 3.36. The summed E-state index contributed by atoms with van der Waals surface area (Å²) >= 11 is 6.47. The number of carbonyl (C=O) groups is 3. The molecule has 0 unspecified atom stereocenters. The lowest BCUT2D eigenvalue weighted by Gasteiger charge is -2.35. The van der Waals surface area contributed by atoms with Crippen LogP contribution in [0.3, 0.4) is 0 Å². The van der Waals surface area contributed by atoms with Crippen LogP contribution in [-0.2, 0) is 14.4 Å². The number of nitrogens with zero attached hydrogens (tertiary/aromatic N) is 2. The smallest absolute Gasteiger partial charge is 0.247 e. The highest BCUT2D eigenvalue weighted by molar-refractivity contribution is 6.31. The van der Waals surface area contributed by atoms with E-state index in [9.17, 15) is 14.4 Å². The predicted octanol–water partition coefficient (Wildman–Crippen LogP) is 5.03. The van der Waals surface area contributed by atoms with Crippen LogP contribution in [0.1, 0.15) is 77.2 Å². The predicted molar refractivity (Wildman–Crippen MR) is 132 cm³/mol. The van der Waals surface area contributed by atoms with E-state index in [1.165, 1.54) is 0 Å². The molecule has 2 rings (SSSR count). The van der Waals surface area contributed by atoms with Gasteiger partial charge in [-0.25, -0.2) is 0 Å². The van der Waals surface area contributed by atoms with Gasteiger partial charge < -0.3 is 20.1 Å². The highest BCUT2D eigenvalue weighted by Gasteiger charge is 2.34. The minimum absolute atomic E-state index is 0.0509. The number of carbonyl (C=O) groups excluding carboxylic acids is 3. The van der Waals surface area contributed by atoms with Crippen molar-refractivity contribution in [2.75, 3.05) is 11.9 Å². The SMILES string of the molecule is CCCCN(C(=O)CCC(=O)Nc1cc(C)on1)[C@@H](C(=O)NC(C)(C)CC)c1ccccc1Cl. The van der Waals surface area contributed by atoms with E-state index in [1.54, 1.807) is 42.2 Å². The Kier molecular flexibility index (Phi) is 10.1. The number of halogens is 1. The van der Waals surface area contributed by atoms with E-state index in [0.29, 0.717) is 35.1 Å². The van der Waals surface area contributed by atoms with Crippen LogP contribution in [0.5, 0.6) is 0 Å². The standard InChI is InChI=1S/C25H35ClN4O4/c1-6-8-15-30(22(32)14-13-21(31)27-20-16-17(3)34-29-20)23(18-11-9-10-12-19(18)26)24(33)28-25(4,5)7-2/h9-12,16,23H,6-8,13-15H2,1-5H3,(H,28,33)(H,27,29,31)/t23-/m1/s1. The van der Waals surface area contributed by atoms with Crippen molar-refractivity contribution in [1.29, 1.82) is 0 Å². The van der Waals surface area contributed by atoms with Gasteiger partial charge >= 0.3 is 0 Å². The van der Waals surface area contributed by atoms with Gasteiger partial charge in [0.1, 0.15) is 11.8 Å². The van der Waals surface area contributed by atoms with Crippen LogP contribution in [0.15, 0.2) is 34.9 Å². The summed E-state index contributed by atoms with van der Waals surface area (Å²) in [5.74, 6) is -0.0854. The van der Waals surface area contributed by atoms with Gasteiger partial charge in [0.15, 0.2) is 5.82 Å². The topological polar surface area (TPSA) is 105 Å². The molecule has 0 bridgehead atoms. The quantitative estimate of drug-likeness (QED) is 0.434. The summed E-state index contributed by atoms with van der Waals surface area (Å²) in [5.41, 5.74) is 0.103. The molecule has 0 aliphatic rings. The fourth-order valence-corrected chi connectivity index (χ4v) is 3.60. The van der Waals surface area contributed by atoms with Gasteiger partial charge in [-0.05, 0) is 39.7 Å². The molecule has 186 valence electrons. The molecule has 0 spiro atoms. The summed E-state index contributed by atoms with van der Waals surface area (Å²) in [6, 6.07) is 7.74. The summed E-state index contributed by atoms with van der Waals surface area (Å²) < 4.78 is 4.94. The zero-order chi connectivity index (χ0) is 25.3. The second-order valence-corrected chi connectivity index (χ2v) is 9.37. The molecule has 9 heteroatoms. The minimum Gasteiger partial charge on any atom is -0.360 e. The third-order valence-electron chi connectivity index (χ3n) is 5.64. The molecule has 2 aromatic rings. The Morgan fingerprint density at radius 2 is 1.88 bits per heavy atom. The fraction of sp³-hybridized carbons (Fsp3) is 0.520. The molecule has 0 saturated heterocycles. The molecule has 1 aromatic heterocycles. The molecule has 1 atom stereocenters. The van der Waals surface area contributed by atoms with Gasteiger partial charge in [-0.3, -0.25) is 14.4 Å². The van der Waals surface area contributed by atoms with Gasteiger partial charge in [0.05, 0.1) is 0 Å². The van der Waals surface area contributed by atoms with Crippen molar-refractivity contribution in [2.24, 2.45) is 0 Å². The zero-order valence-corrected chi connectivity index (χ0v) is 21.4. The summed E-state index contributed by atoms with van der Waals surface area (Å²) in [5, 5.41) is 9.81. The average Bonchev–Trinajstić information content (AvgIpc) is 3.19. The van der Waals surface area contributed by atoms with Crippen LogP contribution in [0.4, 0.5) is 5.82 Å². The Labute approximate surface area is 206 Å². The van der Waals surface area contributed by atoms with Crippen molar-refractivity contribution >= 4 is 35.1 Å². The monoisotopic (exact) mass is 490 g/mol. The molecule has 0 aliphatic heterocycles. The van der Waals surface area contributed by atoms with E-state index in [0.717, 1.165) is 12.8 Å². The van der Waals surface area contributed by atoms with E-state index in [4.69, 9.17) is 16.1 Å². The molecule has 3 amide bonds. The Morgan fingerprint density at radius 3 is 2.47 bits per heavy atom. The molecule has 1 aromatic carbocycles. The second-order valence-electron chi connectivity index (χ2n) is 8.96. The number of benzene rings is 1. The molecule has 2 N–H and O–H groups in total. The van der Waals surface area contributed by atoms with Crippen LogP contribution in [0.2, 0.25) is 5.02 Å².